The van der Waals surface area contributed by atoms with Gasteiger partial charge in [-0.2, -0.15) is 0 Å². The zero-order chi connectivity index (χ0) is 27.6. The molecule has 1 aliphatic heterocycles. The lowest BCUT2D eigenvalue weighted by Gasteiger charge is -2.19. The van der Waals surface area contributed by atoms with Crippen molar-refractivity contribution in [2.75, 3.05) is 0 Å². The van der Waals surface area contributed by atoms with Crippen molar-refractivity contribution in [3.63, 3.8) is 0 Å². The smallest absolute Gasteiger partial charge is 0.160 e. The number of rotatable bonds is 3. The maximum Gasteiger partial charge on any atom is 0.160 e. The third-order valence-corrected chi connectivity index (χ3v) is 11.9. The number of hydrogen-bond donors (Lipinski definition) is 0. The van der Waals surface area contributed by atoms with Crippen LogP contribution in [0.4, 0.5) is 0 Å². The molecule has 1 aromatic heterocycles. The zero-order valence-corrected chi connectivity index (χ0v) is 24.1. The summed E-state index contributed by atoms with van der Waals surface area (Å²) >= 11 is 0. The van der Waals surface area contributed by atoms with Gasteiger partial charge in [0.15, 0.2) is 5.82 Å². The Morgan fingerprint density at radius 1 is 0.488 bits per heavy atom. The highest BCUT2D eigenvalue weighted by Gasteiger charge is 2.42. The molecule has 0 saturated heterocycles. The van der Waals surface area contributed by atoms with Gasteiger partial charge in [-0.05, 0) is 49.5 Å². The fraction of sp³-hybridized carbons (Fsp3) is 0.0526. The lowest BCUT2D eigenvalue weighted by atomic mass is 9.94. The molecule has 0 aliphatic carbocycles. The molecule has 2 nitrogen and oxygen atoms in total. The number of fused-ring (bicyclic) bond motifs is 6. The third-order valence-electron chi connectivity index (χ3n) is 8.63. The quantitative estimate of drug-likeness (QED) is 0.210. The van der Waals surface area contributed by atoms with E-state index in [1.54, 1.807) is 0 Å². The minimum Gasteiger partial charge on any atom is -0.237 e. The molecule has 6 aromatic carbocycles. The van der Waals surface area contributed by atoms with Gasteiger partial charge in [0.25, 0.3) is 0 Å². The van der Waals surface area contributed by atoms with Crippen molar-refractivity contribution in [2.24, 2.45) is 0 Å². The van der Waals surface area contributed by atoms with Crippen LogP contribution in [0.5, 0.6) is 0 Å². The van der Waals surface area contributed by atoms with Crippen molar-refractivity contribution in [1.82, 2.24) is 9.97 Å². The SMILES string of the molecule is C[Si]1(C)c2ccc3ccccc3c2-c2c(-c3cccc(-c4ccccc4)c3)nc(-c3cccc4ccccc34)nc21. The molecule has 0 bridgehead atoms. The Labute approximate surface area is 241 Å². The Morgan fingerprint density at radius 3 is 1.95 bits per heavy atom. The number of benzene rings is 6. The van der Waals surface area contributed by atoms with Crippen LogP contribution in [-0.4, -0.2) is 18.0 Å². The highest BCUT2D eigenvalue weighted by atomic mass is 28.3. The molecule has 0 radical (unpaired) electrons. The van der Waals surface area contributed by atoms with E-state index < -0.39 is 8.07 Å². The fourth-order valence-corrected chi connectivity index (χ4v) is 9.46. The van der Waals surface area contributed by atoms with Gasteiger partial charge in [-0.25, -0.2) is 9.97 Å². The summed E-state index contributed by atoms with van der Waals surface area (Å²) < 4.78 is 0. The molecular formula is C38H28N2Si. The van der Waals surface area contributed by atoms with Gasteiger partial charge >= 0.3 is 0 Å². The van der Waals surface area contributed by atoms with E-state index in [0.29, 0.717) is 0 Å². The van der Waals surface area contributed by atoms with Crippen molar-refractivity contribution < 1.29 is 0 Å². The van der Waals surface area contributed by atoms with E-state index >= 15 is 0 Å². The average molecular weight is 541 g/mol. The predicted octanol–water partition coefficient (Wildman–Crippen LogP) is 8.59. The Bertz CT molecular complexity index is 2120. The second kappa shape index (κ2) is 9.08. The first kappa shape index (κ1) is 24.0. The van der Waals surface area contributed by atoms with Crippen molar-refractivity contribution in [3.8, 4) is 44.9 Å². The summed E-state index contributed by atoms with van der Waals surface area (Å²) in [4.78, 5) is 10.9. The summed E-state index contributed by atoms with van der Waals surface area (Å²) in [6.45, 7) is 4.88. The Kier molecular flexibility index (Phi) is 5.31. The molecule has 0 spiro atoms. The Morgan fingerprint density at radius 2 is 1.12 bits per heavy atom. The largest absolute Gasteiger partial charge is 0.237 e. The molecule has 7 aromatic rings. The molecule has 3 heteroatoms. The topological polar surface area (TPSA) is 25.8 Å². The lowest BCUT2D eigenvalue weighted by molar-refractivity contribution is 1.21. The first-order valence-corrected chi connectivity index (χ1v) is 17.2. The highest BCUT2D eigenvalue weighted by molar-refractivity contribution is 7.03. The van der Waals surface area contributed by atoms with Gasteiger partial charge in [0.1, 0.15) is 8.07 Å². The molecule has 0 saturated carbocycles. The van der Waals surface area contributed by atoms with Crippen LogP contribution >= 0.6 is 0 Å². The third kappa shape index (κ3) is 3.70. The fourth-order valence-electron chi connectivity index (χ4n) is 6.57. The average Bonchev–Trinajstić information content (AvgIpc) is 3.27. The molecular weight excluding hydrogens is 513 g/mol. The molecule has 0 atom stereocenters. The monoisotopic (exact) mass is 540 g/mol. The molecule has 41 heavy (non-hydrogen) atoms. The maximum absolute atomic E-state index is 5.47. The molecule has 8 rings (SSSR count). The van der Waals surface area contributed by atoms with Crippen LogP contribution in [0.25, 0.3) is 66.4 Å². The second-order valence-corrected chi connectivity index (χ2v) is 15.7. The summed E-state index contributed by atoms with van der Waals surface area (Å²) in [5.74, 6) is 0.804. The van der Waals surface area contributed by atoms with Gasteiger partial charge in [-0.15, -0.1) is 0 Å². The molecule has 0 unspecified atom stereocenters. The minimum absolute atomic E-state index is 0.804. The van der Waals surface area contributed by atoms with Gasteiger partial charge in [-0.3, -0.25) is 0 Å². The van der Waals surface area contributed by atoms with Crippen LogP contribution in [-0.2, 0) is 0 Å². The number of aromatic nitrogens is 2. The van der Waals surface area contributed by atoms with E-state index in [1.165, 1.54) is 54.3 Å². The summed E-state index contributed by atoms with van der Waals surface area (Å²) in [6.07, 6.45) is 0. The van der Waals surface area contributed by atoms with Crippen LogP contribution in [0.1, 0.15) is 0 Å². The normalized spacial score (nSPS) is 13.3. The summed E-state index contributed by atoms with van der Waals surface area (Å²) in [7, 11) is -2.12. The van der Waals surface area contributed by atoms with Gasteiger partial charge in [0, 0.05) is 22.0 Å². The van der Waals surface area contributed by atoms with E-state index in [2.05, 4.69) is 147 Å². The Hall–Kier alpha value is -4.86. The second-order valence-electron chi connectivity index (χ2n) is 11.4. The molecule has 0 fully saturated rings. The first-order chi connectivity index (χ1) is 20.1. The molecule has 1 aliphatic rings. The lowest BCUT2D eigenvalue weighted by Crippen LogP contribution is -2.50. The van der Waals surface area contributed by atoms with Crippen LogP contribution in [0.2, 0.25) is 13.1 Å². The maximum atomic E-state index is 5.47. The van der Waals surface area contributed by atoms with Crippen molar-refractivity contribution >= 4 is 40.1 Å². The van der Waals surface area contributed by atoms with Gasteiger partial charge in [-0.1, -0.05) is 140 Å². The van der Waals surface area contributed by atoms with Gasteiger partial charge in [0.05, 0.1) is 5.69 Å². The molecule has 0 amide bonds. The zero-order valence-electron chi connectivity index (χ0n) is 23.1. The summed E-state index contributed by atoms with van der Waals surface area (Å²) in [5, 5.41) is 7.59. The van der Waals surface area contributed by atoms with Crippen LogP contribution in [0, 0.1) is 0 Å². The summed E-state index contributed by atoms with van der Waals surface area (Å²) in [6, 6.07) is 47.8. The van der Waals surface area contributed by atoms with Crippen LogP contribution in [0.3, 0.4) is 0 Å². The molecule has 194 valence electrons. The van der Waals surface area contributed by atoms with Crippen LogP contribution < -0.4 is 10.5 Å². The van der Waals surface area contributed by atoms with Crippen molar-refractivity contribution in [1.29, 1.82) is 0 Å². The molecule has 0 N–H and O–H groups in total. The number of nitrogens with zero attached hydrogens (tertiary/aromatic N) is 2. The predicted molar refractivity (Wildman–Crippen MR) is 176 cm³/mol. The molecule has 2 heterocycles. The Balaban J connectivity index is 1.48. The minimum atomic E-state index is -2.12. The van der Waals surface area contributed by atoms with Crippen molar-refractivity contribution in [2.45, 2.75) is 13.1 Å². The summed E-state index contributed by atoms with van der Waals surface area (Å²) in [5.41, 5.74) is 8.15. The van der Waals surface area contributed by atoms with Gasteiger partial charge < -0.3 is 0 Å². The van der Waals surface area contributed by atoms with E-state index in [0.717, 1.165) is 22.6 Å². The highest BCUT2D eigenvalue weighted by Crippen LogP contribution is 2.41. The van der Waals surface area contributed by atoms with E-state index in [-0.39, 0.29) is 0 Å². The van der Waals surface area contributed by atoms with E-state index in [1.807, 2.05) is 0 Å². The van der Waals surface area contributed by atoms with Gasteiger partial charge in [0.2, 0.25) is 0 Å². The van der Waals surface area contributed by atoms with E-state index in [9.17, 15) is 0 Å². The van der Waals surface area contributed by atoms with Crippen LogP contribution in [0.15, 0.2) is 133 Å². The van der Waals surface area contributed by atoms with E-state index in [4.69, 9.17) is 9.97 Å². The number of hydrogen-bond acceptors (Lipinski definition) is 2. The standard InChI is InChI=1S/C38H28N2Si/c1-41(2)33-23-22-27-15-7-9-20-31(27)34(33)35-36(29-18-10-17-28(24-29)25-12-4-3-5-13-25)39-37(40-38(35)41)32-21-11-16-26-14-6-8-19-30(26)32/h3-24H,1-2H3. The van der Waals surface area contributed by atoms with Crippen molar-refractivity contribution in [3.05, 3.63) is 133 Å². The first-order valence-electron chi connectivity index (χ1n) is 14.2.